The van der Waals surface area contributed by atoms with E-state index in [1.54, 1.807) is 19.1 Å². The highest BCUT2D eigenvalue weighted by Crippen LogP contribution is 2.39. The first-order valence-electron chi connectivity index (χ1n) is 7.32. The van der Waals surface area contributed by atoms with Crippen molar-refractivity contribution in [2.75, 3.05) is 12.1 Å². The summed E-state index contributed by atoms with van der Waals surface area (Å²) in [5.74, 6) is -1.86. The minimum absolute atomic E-state index is 0.0901. The number of carbonyl (C=O) groups excluding carboxylic acids is 2. The van der Waals surface area contributed by atoms with Gasteiger partial charge in [-0.3, -0.25) is 0 Å². The van der Waals surface area contributed by atoms with Crippen LogP contribution in [0.15, 0.2) is 23.9 Å². The quantitative estimate of drug-likeness (QED) is 0.488. The number of cyclic esters (lactones) is 2. The molecule has 3 rings (SSSR count). The smallest absolute Gasteiger partial charge is 0.350 e. The zero-order chi connectivity index (χ0) is 17.5. The molecule has 0 amide bonds. The standard InChI is InChI=1S/C16H17NO7/c1-8(18)9-4-12-13(22-7-21-12)5-11(9)17-6-10-14(19)23-16(2,3)24-15(10)20/h4-6,8,17-18H,7H2,1-3H3. The van der Waals surface area contributed by atoms with Crippen LogP contribution in [0.2, 0.25) is 0 Å². The van der Waals surface area contributed by atoms with Gasteiger partial charge in [-0.05, 0) is 13.0 Å². The van der Waals surface area contributed by atoms with Gasteiger partial charge >= 0.3 is 11.9 Å². The number of aliphatic hydroxyl groups excluding tert-OH is 1. The molecule has 2 N–H and O–H groups in total. The summed E-state index contributed by atoms with van der Waals surface area (Å²) in [6.45, 7) is 4.61. The molecule has 1 fully saturated rings. The van der Waals surface area contributed by atoms with E-state index in [9.17, 15) is 14.7 Å². The highest BCUT2D eigenvalue weighted by molar-refractivity contribution is 6.15. The minimum atomic E-state index is -1.30. The zero-order valence-corrected chi connectivity index (χ0v) is 13.4. The number of hydrogen-bond donors (Lipinski definition) is 2. The van der Waals surface area contributed by atoms with Crippen LogP contribution in [0, 0.1) is 0 Å². The first kappa shape index (κ1) is 16.1. The summed E-state index contributed by atoms with van der Waals surface area (Å²) >= 11 is 0. The molecule has 2 aliphatic rings. The molecule has 1 unspecified atom stereocenters. The van der Waals surface area contributed by atoms with Crippen molar-refractivity contribution < 1.29 is 33.6 Å². The fourth-order valence-corrected chi connectivity index (χ4v) is 2.36. The van der Waals surface area contributed by atoms with Crippen molar-refractivity contribution >= 4 is 17.6 Å². The predicted octanol–water partition coefficient (Wildman–Crippen LogP) is 1.60. The highest BCUT2D eigenvalue weighted by Gasteiger charge is 2.39. The molecular weight excluding hydrogens is 318 g/mol. The van der Waals surface area contributed by atoms with Gasteiger partial charge in [0.15, 0.2) is 17.1 Å². The number of esters is 2. The molecule has 2 aliphatic heterocycles. The van der Waals surface area contributed by atoms with E-state index in [-0.39, 0.29) is 12.4 Å². The topological polar surface area (TPSA) is 103 Å². The van der Waals surface area contributed by atoms with E-state index >= 15 is 0 Å². The van der Waals surface area contributed by atoms with E-state index in [1.807, 2.05) is 0 Å². The zero-order valence-electron chi connectivity index (χ0n) is 13.4. The van der Waals surface area contributed by atoms with Crippen molar-refractivity contribution in [3.8, 4) is 11.5 Å². The first-order valence-corrected chi connectivity index (χ1v) is 7.32. The molecule has 0 aliphatic carbocycles. The van der Waals surface area contributed by atoms with Crippen molar-refractivity contribution in [2.24, 2.45) is 0 Å². The molecule has 8 heteroatoms. The van der Waals surface area contributed by atoms with Crippen LogP contribution in [0.4, 0.5) is 5.69 Å². The van der Waals surface area contributed by atoms with Gasteiger partial charge in [-0.25, -0.2) is 9.59 Å². The Labute approximate surface area is 138 Å². The third-order valence-corrected chi connectivity index (χ3v) is 3.48. The summed E-state index contributed by atoms with van der Waals surface area (Å²) in [6, 6.07) is 3.25. The minimum Gasteiger partial charge on any atom is -0.454 e. The van der Waals surface area contributed by atoms with Gasteiger partial charge in [0, 0.05) is 37.4 Å². The van der Waals surface area contributed by atoms with Crippen molar-refractivity contribution in [3.63, 3.8) is 0 Å². The number of fused-ring (bicyclic) bond motifs is 1. The molecule has 0 radical (unpaired) electrons. The fourth-order valence-electron chi connectivity index (χ4n) is 2.36. The average Bonchev–Trinajstić information content (AvgIpc) is 2.91. The lowest BCUT2D eigenvalue weighted by Crippen LogP contribution is -2.42. The second-order valence-electron chi connectivity index (χ2n) is 5.85. The maximum absolute atomic E-state index is 11.9. The average molecular weight is 335 g/mol. The third-order valence-electron chi connectivity index (χ3n) is 3.48. The number of carbonyl (C=O) groups is 2. The number of hydrogen-bond acceptors (Lipinski definition) is 8. The number of anilines is 1. The van der Waals surface area contributed by atoms with Crippen LogP contribution < -0.4 is 14.8 Å². The Morgan fingerprint density at radius 2 is 1.75 bits per heavy atom. The molecule has 8 nitrogen and oxygen atoms in total. The van der Waals surface area contributed by atoms with Crippen LogP contribution in [0.3, 0.4) is 0 Å². The number of benzene rings is 1. The Morgan fingerprint density at radius 1 is 1.17 bits per heavy atom. The molecule has 1 saturated heterocycles. The van der Waals surface area contributed by atoms with Gasteiger partial charge in [-0.15, -0.1) is 0 Å². The molecule has 128 valence electrons. The Bertz CT molecular complexity index is 714. The predicted molar refractivity (Wildman–Crippen MR) is 81.2 cm³/mol. The van der Waals surface area contributed by atoms with Gasteiger partial charge in [0.2, 0.25) is 6.79 Å². The normalized spacial score (nSPS) is 19.4. The van der Waals surface area contributed by atoms with E-state index in [4.69, 9.17) is 18.9 Å². The molecule has 1 atom stereocenters. The molecule has 24 heavy (non-hydrogen) atoms. The summed E-state index contributed by atoms with van der Waals surface area (Å²) in [6.07, 6.45) is 0.383. The second-order valence-corrected chi connectivity index (χ2v) is 5.85. The number of rotatable bonds is 3. The molecule has 1 aromatic carbocycles. The van der Waals surface area contributed by atoms with Crippen molar-refractivity contribution in [1.82, 2.24) is 0 Å². The van der Waals surface area contributed by atoms with Crippen LogP contribution in [0.5, 0.6) is 11.5 Å². The van der Waals surface area contributed by atoms with Crippen LogP contribution in [0.25, 0.3) is 0 Å². The summed E-state index contributed by atoms with van der Waals surface area (Å²) in [4.78, 5) is 23.8. The molecular formula is C16H17NO7. The Kier molecular flexibility index (Phi) is 3.84. The lowest BCUT2D eigenvalue weighted by molar-refractivity contribution is -0.222. The SMILES string of the molecule is CC(O)c1cc2c(cc1NC=C1C(=O)OC(C)(C)OC1=O)OCO2. The number of ether oxygens (including phenoxy) is 4. The van der Waals surface area contributed by atoms with Crippen LogP contribution >= 0.6 is 0 Å². The Hall–Kier alpha value is -2.74. The lowest BCUT2D eigenvalue weighted by atomic mass is 10.1. The number of aliphatic hydroxyl groups is 1. The van der Waals surface area contributed by atoms with Gasteiger partial charge in [-0.1, -0.05) is 0 Å². The highest BCUT2D eigenvalue weighted by atomic mass is 16.7. The van der Waals surface area contributed by atoms with E-state index < -0.39 is 23.8 Å². The Balaban J connectivity index is 1.89. The lowest BCUT2D eigenvalue weighted by Gasteiger charge is -2.29. The maximum Gasteiger partial charge on any atom is 0.350 e. The van der Waals surface area contributed by atoms with E-state index in [0.29, 0.717) is 22.7 Å². The second kappa shape index (κ2) is 5.72. The van der Waals surface area contributed by atoms with Crippen molar-refractivity contribution in [2.45, 2.75) is 32.7 Å². The molecule has 0 saturated carbocycles. The monoisotopic (exact) mass is 335 g/mol. The molecule has 0 aromatic heterocycles. The van der Waals surface area contributed by atoms with Crippen LogP contribution in [-0.4, -0.2) is 29.6 Å². The van der Waals surface area contributed by atoms with E-state index in [1.165, 1.54) is 20.0 Å². The summed E-state index contributed by atoms with van der Waals surface area (Å²) in [5, 5.41) is 12.7. The maximum atomic E-state index is 11.9. The summed E-state index contributed by atoms with van der Waals surface area (Å²) < 4.78 is 20.6. The van der Waals surface area contributed by atoms with Gasteiger partial charge in [0.1, 0.15) is 0 Å². The van der Waals surface area contributed by atoms with E-state index in [2.05, 4.69) is 5.32 Å². The number of nitrogens with one attached hydrogen (secondary N) is 1. The van der Waals surface area contributed by atoms with Gasteiger partial charge in [-0.2, -0.15) is 0 Å². The largest absolute Gasteiger partial charge is 0.454 e. The van der Waals surface area contributed by atoms with Gasteiger partial charge < -0.3 is 29.4 Å². The third kappa shape index (κ3) is 3.00. The van der Waals surface area contributed by atoms with Crippen LogP contribution in [0.1, 0.15) is 32.4 Å². The Morgan fingerprint density at radius 3 is 2.33 bits per heavy atom. The van der Waals surface area contributed by atoms with Crippen molar-refractivity contribution in [3.05, 3.63) is 29.5 Å². The summed E-state index contributed by atoms with van der Waals surface area (Å²) in [5.41, 5.74) is 0.713. The van der Waals surface area contributed by atoms with Gasteiger partial charge in [0.25, 0.3) is 5.79 Å². The summed E-state index contributed by atoms with van der Waals surface area (Å²) in [7, 11) is 0. The van der Waals surface area contributed by atoms with Gasteiger partial charge in [0.05, 0.1) is 6.10 Å². The van der Waals surface area contributed by atoms with Crippen molar-refractivity contribution in [1.29, 1.82) is 0 Å². The molecule has 2 heterocycles. The fraction of sp³-hybridized carbons (Fsp3) is 0.375. The first-order chi connectivity index (χ1) is 11.3. The molecule has 1 aromatic rings. The van der Waals surface area contributed by atoms with E-state index in [0.717, 1.165) is 0 Å². The van der Waals surface area contributed by atoms with Crippen LogP contribution in [-0.2, 0) is 19.1 Å². The molecule has 0 bridgehead atoms. The molecule has 0 spiro atoms.